The van der Waals surface area contributed by atoms with Crippen molar-refractivity contribution in [2.75, 3.05) is 0 Å². The molecular weight excluding hydrogens is 188 g/mol. The first-order valence-electron chi connectivity index (χ1n) is 3.20. The van der Waals surface area contributed by atoms with Crippen molar-refractivity contribution < 1.29 is 8.78 Å². The summed E-state index contributed by atoms with van der Waals surface area (Å²) in [5, 5.41) is -0.426. The minimum atomic E-state index is -2.74. The van der Waals surface area contributed by atoms with E-state index in [0.717, 1.165) is 0 Å². The fourth-order valence-corrected chi connectivity index (χ4v) is 1.06. The molecule has 0 saturated carbocycles. The third-order valence-corrected chi connectivity index (χ3v) is 1.83. The molecule has 5 heteroatoms. The molecule has 0 unspecified atom stereocenters. The summed E-state index contributed by atoms with van der Waals surface area (Å²) < 4.78 is 24.2. The minimum Gasteiger partial charge on any atom is -0.359 e. The third kappa shape index (κ3) is 1.48. The molecule has 2 nitrogen and oxygen atoms in total. The van der Waals surface area contributed by atoms with Gasteiger partial charge in [0.15, 0.2) is 0 Å². The Balaban J connectivity index is 3.37. The largest absolute Gasteiger partial charge is 0.359 e. The van der Waals surface area contributed by atoms with E-state index in [1.165, 1.54) is 13.1 Å². The average Bonchev–Trinajstić information content (AvgIpc) is 2.00. The number of H-pyrrole nitrogens is 1. The molecule has 1 aromatic heterocycles. The number of halogens is 3. The van der Waals surface area contributed by atoms with Crippen molar-refractivity contribution in [3.8, 4) is 0 Å². The smallest absolute Gasteiger partial charge is 0.279 e. The summed E-state index contributed by atoms with van der Waals surface area (Å²) in [6.45, 7) is 1.50. The molecule has 12 heavy (non-hydrogen) atoms. The molecule has 0 radical (unpaired) electrons. The molecule has 66 valence electrons. The van der Waals surface area contributed by atoms with Crippen molar-refractivity contribution >= 4 is 11.6 Å². The highest BCUT2D eigenvalue weighted by molar-refractivity contribution is 6.31. The van der Waals surface area contributed by atoms with E-state index in [1.807, 2.05) is 0 Å². The van der Waals surface area contributed by atoms with E-state index in [4.69, 9.17) is 11.6 Å². The van der Waals surface area contributed by atoms with Crippen LogP contribution >= 0.6 is 11.6 Å². The Morgan fingerprint density at radius 1 is 1.58 bits per heavy atom. The average molecular weight is 194 g/mol. The van der Waals surface area contributed by atoms with Crippen molar-refractivity contribution in [1.29, 1.82) is 0 Å². The first-order valence-corrected chi connectivity index (χ1v) is 3.57. The number of aromatic amines is 1. The molecule has 1 heterocycles. The third-order valence-electron chi connectivity index (χ3n) is 1.46. The quantitative estimate of drug-likeness (QED) is 0.729. The van der Waals surface area contributed by atoms with E-state index in [1.54, 1.807) is 0 Å². The number of hydrogen-bond acceptors (Lipinski definition) is 1. The minimum absolute atomic E-state index is 0.324. The number of aryl methyl sites for hydroxylation is 1. The molecular formula is C7H6ClF2NO. The van der Waals surface area contributed by atoms with Gasteiger partial charge < -0.3 is 4.98 Å². The lowest BCUT2D eigenvalue weighted by atomic mass is 10.2. The van der Waals surface area contributed by atoms with Crippen LogP contribution in [-0.2, 0) is 0 Å². The zero-order chi connectivity index (χ0) is 9.30. The molecule has 0 atom stereocenters. The van der Waals surface area contributed by atoms with E-state index < -0.39 is 22.6 Å². The van der Waals surface area contributed by atoms with Gasteiger partial charge >= 0.3 is 0 Å². The lowest BCUT2D eigenvalue weighted by Gasteiger charge is -2.02. The second-order valence-electron chi connectivity index (χ2n) is 2.33. The van der Waals surface area contributed by atoms with Crippen LogP contribution in [0.4, 0.5) is 8.78 Å². The van der Waals surface area contributed by atoms with Crippen molar-refractivity contribution in [3.05, 3.63) is 32.7 Å². The van der Waals surface area contributed by atoms with Gasteiger partial charge in [0.1, 0.15) is 10.7 Å². The maximum Gasteiger partial charge on any atom is 0.279 e. The number of nitrogens with one attached hydrogen (secondary N) is 1. The number of alkyl halides is 2. The molecule has 0 aliphatic rings. The summed E-state index contributed by atoms with van der Waals surface area (Å²) in [5.74, 6) is 0. The van der Waals surface area contributed by atoms with Gasteiger partial charge in [-0.15, -0.1) is 0 Å². The van der Waals surface area contributed by atoms with Gasteiger partial charge in [-0.1, -0.05) is 11.6 Å². The van der Waals surface area contributed by atoms with Gasteiger partial charge in [-0.3, -0.25) is 4.79 Å². The summed E-state index contributed by atoms with van der Waals surface area (Å²) in [6.07, 6.45) is -1.53. The van der Waals surface area contributed by atoms with Crippen LogP contribution < -0.4 is 5.43 Å². The Morgan fingerprint density at radius 2 is 2.17 bits per heavy atom. The molecule has 1 aromatic rings. The van der Waals surface area contributed by atoms with E-state index in [9.17, 15) is 13.6 Å². The molecule has 0 fully saturated rings. The Kier molecular flexibility index (Phi) is 2.47. The van der Waals surface area contributed by atoms with Gasteiger partial charge in [-0.25, -0.2) is 8.78 Å². The van der Waals surface area contributed by atoms with E-state index >= 15 is 0 Å². The summed E-state index contributed by atoms with van der Waals surface area (Å²) >= 11 is 5.37. The highest BCUT2D eigenvalue weighted by Gasteiger charge is 2.15. The van der Waals surface area contributed by atoms with Crippen molar-refractivity contribution in [3.63, 3.8) is 0 Å². The van der Waals surface area contributed by atoms with Gasteiger partial charge in [0, 0.05) is 11.8 Å². The molecule has 0 amide bonds. The first-order chi connectivity index (χ1) is 5.54. The Hall–Kier alpha value is -0.900. The zero-order valence-corrected chi connectivity index (χ0v) is 6.95. The van der Waals surface area contributed by atoms with Crippen LogP contribution in [0.25, 0.3) is 0 Å². The highest BCUT2D eigenvalue weighted by Crippen LogP contribution is 2.21. The number of rotatable bonds is 1. The number of pyridine rings is 1. The van der Waals surface area contributed by atoms with Crippen LogP contribution in [0.1, 0.15) is 17.7 Å². The van der Waals surface area contributed by atoms with Gasteiger partial charge in [-0.05, 0) is 6.92 Å². The second kappa shape index (κ2) is 3.23. The summed E-state index contributed by atoms with van der Waals surface area (Å²) in [7, 11) is 0. The molecule has 1 N–H and O–H groups in total. The van der Waals surface area contributed by atoms with Crippen LogP contribution in [0.15, 0.2) is 11.0 Å². The summed E-state index contributed by atoms with van der Waals surface area (Å²) in [6, 6.07) is 0. The van der Waals surface area contributed by atoms with Crippen LogP contribution in [0.3, 0.4) is 0 Å². The monoisotopic (exact) mass is 193 g/mol. The van der Waals surface area contributed by atoms with Crippen LogP contribution in [0, 0.1) is 6.92 Å². The van der Waals surface area contributed by atoms with Crippen LogP contribution in [-0.4, -0.2) is 4.98 Å². The lowest BCUT2D eigenvalue weighted by Crippen LogP contribution is -2.10. The zero-order valence-electron chi connectivity index (χ0n) is 6.20. The summed E-state index contributed by atoms with van der Waals surface area (Å²) in [5.41, 5.74) is -0.748. The Morgan fingerprint density at radius 3 is 2.67 bits per heavy atom. The first kappa shape index (κ1) is 9.19. The predicted molar refractivity (Wildman–Crippen MR) is 41.8 cm³/mol. The predicted octanol–water partition coefficient (Wildman–Crippen LogP) is 2.27. The molecule has 0 aliphatic heterocycles. The summed E-state index contributed by atoms with van der Waals surface area (Å²) in [4.78, 5) is 13.3. The molecule has 1 rings (SSSR count). The van der Waals surface area contributed by atoms with E-state index in [0.29, 0.717) is 5.56 Å². The Bertz CT molecular complexity index is 348. The number of hydrogen-bond donors (Lipinski definition) is 1. The number of aromatic nitrogens is 1. The molecule has 0 spiro atoms. The van der Waals surface area contributed by atoms with Crippen molar-refractivity contribution in [2.24, 2.45) is 0 Å². The van der Waals surface area contributed by atoms with Gasteiger partial charge in [0.05, 0.1) is 0 Å². The lowest BCUT2D eigenvalue weighted by molar-refractivity contribution is 0.146. The molecule has 0 bridgehead atoms. The van der Waals surface area contributed by atoms with Gasteiger partial charge in [-0.2, -0.15) is 0 Å². The normalized spacial score (nSPS) is 10.8. The van der Waals surface area contributed by atoms with Crippen molar-refractivity contribution in [1.82, 2.24) is 4.98 Å². The SMILES string of the molecule is Cc1c[nH]c(C(F)F)c(Cl)c1=O. The van der Waals surface area contributed by atoms with Crippen molar-refractivity contribution in [2.45, 2.75) is 13.3 Å². The maximum atomic E-state index is 12.1. The highest BCUT2D eigenvalue weighted by atomic mass is 35.5. The topological polar surface area (TPSA) is 32.9 Å². The molecule has 0 aliphatic carbocycles. The Labute approximate surface area is 72.2 Å². The van der Waals surface area contributed by atoms with Gasteiger partial charge in [0.2, 0.25) is 5.43 Å². The second-order valence-corrected chi connectivity index (χ2v) is 2.71. The fraction of sp³-hybridized carbons (Fsp3) is 0.286. The fourth-order valence-electron chi connectivity index (χ4n) is 0.769. The van der Waals surface area contributed by atoms with E-state index in [-0.39, 0.29) is 0 Å². The van der Waals surface area contributed by atoms with Gasteiger partial charge in [0.25, 0.3) is 6.43 Å². The standard InChI is InChI=1S/C7H6ClF2NO/c1-3-2-11-5(7(9)10)4(8)6(3)12/h2,7H,1H3,(H,11,12). The molecule has 0 saturated heterocycles. The maximum absolute atomic E-state index is 12.1. The van der Waals surface area contributed by atoms with E-state index in [2.05, 4.69) is 4.98 Å². The van der Waals surface area contributed by atoms with Crippen LogP contribution in [0.2, 0.25) is 5.02 Å². The molecule has 0 aromatic carbocycles. The van der Waals surface area contributed by atoms with Crippen LogP contribution in [0.5, 0.6) is 0 Å².